The van der Waals surface area contributed by atoms with E-state index < -0.39 is 0 Å². The summed E-state index contributed by atoms with van der Waals surface area (Å²) in [6.45, 7) is 1.94. The Kier molecular flexibility index (Phi) is 2.31. The third kappa shape index (κ3) is 1.53. The number of nitrogens with zero attached hydrogens (tertiary/aromatic N) is 1. The van der Waals surface area contributed by atoms with E-state index in [9.17, 15) is 4.79 Å². The minimum absolute atomic E-state index is 0.102. The van der Waals surface area contributed by atoms with Crippen LogP contribution in [0.5, 0.6) is 0 Å². The molecule has 0 fully saturated rings. The van der Waals surface area contributed by atoms with Crippen LogP contribution >= 0.6 is 0 Å². The highest BCUT2D eigenvalue weighted by atomic mass is 16.6. The summed E-state index contributed by atoms with van der Waals surface area (Å²) in [5, 5.41) is 3.90. The van der Waals surface area contributed by atoms with Gasteiger partial charge in [-0.15, -0.1) is 0 Å². The van der Waals surface area contributed by atoms with E-state index in [4.69, 9.17) is 4.84 Å². The lowest BCUT2D eigenvalue weighted by Crippen LogP contribution is -2.21. The van der Waals surface area contributed by atoms with Crippen molar-refractivity contribution >= 4 is 11.5 Å². The molecule has 1 atom stereocenters. The van der Waals surface area contributed by atoms with Crippen molar-refractivity contribution in [2.45, 2.75) is 6.92 Å². The molecule has 0 aromatic heterocycles. The molecule has 3 nitrogen and oxygen atoms in total. The summed E-state index contributed by atoms with van der Waals surface area (Å²) in [7, 11) is 0. The van der Waals surface area contributed by atoms with E-state index >= 15 is 0 Å². The van der Waals surface area contributed by atoms with E-state index in [-0.39, 0.29) is 11.7 Å². The fraction of sp³-hybridized carbons (Fsp3) is 0.273. The molecule has 0 bridgehead atoms. The zero-order chi connectivity index (χ0) is 9.97. The summed E-state index contributed by atoms with van der Waals surface area (Å²) in [4.78, 5) is 16.2. The van der Waals surface area contributed by atoms with E-state index in [1.807, 2.05) is 30.3 Å². The van der Waals surface area contributed by atoms with Crippen LogP contribution in [0.2, 0.25) is 0 Å². The van der Waals surface area contributed by atoms with Crippen molar-refractivity contribution in [1.82, 2.24) is 0 Å². The van der Waals surface area contributed by atoms with Gasteiger partial charge in [0.2, 0.25) is 0 Å². The standard InChI is InChI=1S/C11H11NO2/c1-8(13)10-7-14-12-11(10)9-5-3-2-4-6-9/h2-6,10H,7H2,1H3/t10-/m0/s1. The monoisotopic (exact) mass is 189 g/mol. The largest absolute Gasteiger partial charge is 0.394 e. The molecule has 0 unspecified atom stereocenters. The maximum absolute atomic E-state index is 11.3. The van der Waals surface area contributed by atoms with E-state index in [2.05, 4.69) is 5.16 Å². The molecule has 72 valence electrons. The van der Waals surface area contributed by atoms with Gasteiger partial charge in [-0.05, 0) is 6.92 Å². The van der Waals surface area contributed by atoms with Crippen molar-refractivity contribution in [3.8, 4) is 0 Å². The molecule has 2 rings (SSSR count). The third-order valence-corrected chi connectivity index (χ3v) is 2.29. The van der Waals surface area contributed by atoms with Crippen LogP contribution in [0.1, 0.15) is 12.5 Å². The molecule has 0 radical (unpaired) electrons. The number of carbonyl (C=O) groups excluding carboxylic acids is 1. The maximum atomic E-state index is 11.3. The maximum Gasteiger partial charge on any atom is 0.142 e. The Balaban J connectivity index is 2.31. The fourth-order valence-corrected chi connectivity index (χ4v) is 1.50. The van der Waals surface area contributed by atoms with Crippen molar-refractivity contribution in [1.29, 1.82) is 0 Å². The average Bonchev–Trinajstić information content (AvgIpc) is 2.67. The van der Waals surface area contributed by atoms with Gasteiger partial charge >= 0.3 is 0 Å². The molecule has 1 aliphatic rings. The van der Waals surface area contributed by atoms with Crippen LogP contribution in [-0.4, -0.2) is 18.1 Å². The molecule has 0 saturated heterocycles. The highest BCUT2D eigenvalue weighted by molar-refractivity contribution is 6.13. The molecule has 1 aromatic carbocycles. The number of rotatable bonds is 2. The smallest absolute Gasteiger partial charge is 0.142 e. The lowest BCUT2D eigenvalue weighted by Gasteiger charge is -2.05. The first-order valence-electron chi connectivity index (χ1n) is 4.55. The van der Waals surface area contributed by atoms with Gasteiger partial charge in [-0.1, -0.05) is 35.5 Å². The minimum atomic E-state index is -0.197. The quantitative estimate of drug-likeness (QED) is 0.709. The van der Waals surface area contributed by atoms with Gasteiger partial charge in [-0.3, -0.25) is 4.79 Å². The Morgan fingerprint density at radius 2 is 2.14 bits per heavy atom. The summed E-state index contributed by atoms with van der Waals surface area (Å²) in [5.74, 6) is -0.0949. The van der Waals surface area contributed by atoms with E-state index in [1.54, 1.807) is 6.92 Å². The Morgan fingerprint density at radius 1 is 1.43 bits per heavy atom. The summed E-state index contributed by atoms with van der Waals surface area (Å²) >= 11 is 0. The third-order valence-electron chi connectivity index (χ3n) is 2.29. The Hall–Kier alpha value is -1.64. The Labute approximate surface area is 82.4 Å². The normalized spacial score (nSPS) is 20.1. The number of ketones is 1. The van der Waals surface area contributed by atoms with Gasteiger partial charge in [0, 0.05) is 5.56 Å². The molecule has 1 aromatic rings. The zero-order valence-electron chi connectivity index (χ0n) is 7.93. The lowest BCUT2D eigenvalue weighted by atomic mass is 9.95. The van der Waals surface area contributed by atoms with Gasteiger partial charge in [-0.25, -0.2) is 0 Å². The number of hydrogen-bond donors (Lipinski definition) is 0. The van der Waals surface area contributed by atoms with Crippen molar-refractivity contribution in [3.05, 3.63) is 35.9 Å². The molecular weight excluding hydrogens is 178 g/mol. The molecule has 0 amide bonds. The van der Waals surface area contributed by atoms with Gasteiger partial charge in [0.05, 0.1) is 0 Å². The second-order valence-electron chi connectivity index (χ2n) is 3.30. The number of oxime groups is 1. The van der Waals surface area contributed by atoms with Crippen LogP contribution in [0.3, 0.4) is 0 Å². The van der Waals surface area contributed by atoms with Crippen LogP contribution in [-0.2, 0) is 9.63 Å². The van der Waals surface area contributed by atoms with E-state index in [1.165, 1.54) is 0 Å². The summed E-state index contributed by atoms with van der Waals surface area (Å²) < 4.78 is 0. The molecule has 14 heavy (non-hydrogen) atoms. The first-order valence-corrected chi connectivity index (χ1v) is 4.55. The molecule has 1 heterocycles. The van der Waals surface area contributed by atoms with Crippen molar-refractivity contribution in [3.63, 3.8) is 0 Å². The average molecular weight is 189 g/mol. The predicted molar refractivity (Wildman–Crippen MR) is 53.1 cm³/mol. The SMILES string of the molecule is CC(=O)[C@@H]1CON=C1c1ccccc1. The van der Waals surface area contributed by atoms with E-state index in [0.717, 1.165) is 11.3 Å². The lowest BCUT2D eigenvalue weighted by molar-refractivity contribution is -0.119. The fourth-order valence-electron chi connectivity index (χ4n) is 1.50. The summed E-state index contributed by atoms with van der Waals surface area (Å²) in [5.41, 5.74) is 1.71. The predicted octanol–water partition coefficient (Wildman–Crippen LogP) is 1.63. The van der Waals surface area contributed by atoms with Crippen LogP contribution < -0.4 is 0 Å². The molecule has 0 aliphatic carbocycles. The highest BCUT2D eigenvalue weighted by Crippen LogP contribution is 2.17. The molecule has 0 spiro atoms. The first kappa shape index (κ1) is 8.94. The van der Waals surface area contributed by atoms with Gasteiger partial charge in [0.15, 0.2) is 0 Å². The Morgan fingerprint density at radius 3 is 2.79 bits per heavy atom. The summed E-state index contributed by atoms with van der Waals surface area (Å²) in [6.07, 6.45) is 0. The number of Topliss-reactive ketones (excluding diaryl/α,β-unsaturated/α-hetero) is 1. The van der Waals surface area contributed by atoms with Crippen molar-refractivity contribution < 1.29 is 9.63 Å². The second-order valence-corrected chi connectivity index (χ2v) is 3.30. The minimum Gasteiger partial charge on any atom is -0.394 e. The van der Waals surface area contributed by atoms with Crippen LogP contribution in [0, 0.1) is 5.92 Å². The molecular formula is C11H11NO2. The van der Waals surface area contributed by atoms with Gasteiger partial charge in [-0.2, -0.15) is 0 Å². The zero-order valence-corrected chi connectivity index (χ0v) is 7.93. The number of carbonyl (C=O) groups is 1. The van der Waals surface area contributed by atoms with Gasteiger partial charge in [0.1, 0.15) is 24.0 Å². The van der Waals surface area contributed by atoms with Crippen LogP contribution in [0.4, 0.5) is 0 Å². The van der Waals surface area contributed by atoms with E-state index in [0.29, 0.717) is 6.61 Å². The molecule has 0 N–H and O–H groups in total. The molecule has 0 saturated carbocycles. The van der Waals surface area contributed by atoms with Gasteiger partial charge in [0.25, 0.3) is 0 Å². The molecule has 3 heteroatoms. The van der Waals surface area contributed by atoms with Crippen molar-refractivity contribution in [2.24, 2.45) is 11.1 Å². The van der Waals surface area contributed by atoms with Crippen LogP contribution in [0.25, 0.3) is 0 Å². The number of hydrogen-bond acceptors (Lipinski definition) is 3. The molecule has 1 aliphatic heterocycles. The highest BCUT2D eigenvalue weighted by Gasteiger charge is 2.28. The summed E-state index contributed by atoms with van der Waals surface area (Å²) in [6, 6.07) is 9.65. The first-order chi connectivity index (χ1) is 6.79. The second kappa shape index (κ2) is 3.62. The van der Waals surface area contributed by atoms with Gasteiger partial charge < -0.3 is 4.84 Å². The van der Waals surface area contributed by atoms with Crippen LogP contribution in [0.15, 0.2) is 35.5 Å². The van der Waals surface area contributed by atoms with Crippen molar-refractivity contribution in [2.75, 3.05) is 6.61 Å². The topological polar surface area (TPSA) is 38.7 Å². The Bertz CT molecular complexity index is 370. The number of benzene rings is 1.